The third-order valence-corrected chi connectivity index (χ3v) is 4.95. The van der Waals surface area contributed by atoms with Crippen molar-refractivity contribution in [3.63, 3.8) is 0 Å². The Kier molecular flexibility index (Phi) is 4.98. The van der Waals surface area contributed by atoms with E-state index in [0.29, 0.717) is 16.4 Å². The molecule has 1 heterocycles. The molecule has 1 aromatic rings. The highest BCUT2D eigenvalue weighted by Gasteiger charge is 2.44. The summed E-state index contributed by atoms with van der Waals surface area (Å²) in [5, 5.41) is 21.9. The lowest BCUT2D eigenvalue weighted by Gasteiger charge is -2.34. The molecular formula is C17H17N3O2S. The van der Waals surface area contributed by atoms with Gasteiger partial charge in [-0.15, -0.1) is 11.8 Å². The molecule has 23 heavy (non-hydrogen) atoms. The van der Waals surface area contributed by atoms with Gasteiger partial charge in [0.05, 0.1) is 29.9 Å². The van der Waals surface area contributed by atoms with Gasteiger partial charge < -0.3 is 10.1 Å². The number of hydrogen-bond donors (Lipinski definition) is 1. The van der Waals surface area contributed by atoms with Gasteiger partial charge in [0.2, 0.25) is 5.91 Å². The number of rotatable bonds is 4. The van der Waals surface area contributed by atoms with Gasteiger partial charge in [0.1, 0.15) is 11.7 Å². The SMILES string of the molecule is COc1ccccc1CSC1=C(C#N)C(C)(C)C(C#N)C(=O)N1. The number of carbonyl (C=O) groups is 1. The first-order valence-electron chi connectivity index (χ1n) is 7.05. The summed E-state index contributed by atoms with van der Waals surface area (Å²) < 4.78 is 5.31. The fraction of sp³-hybridized carbons (Fsp3) is 0.353. The number of nitriles is 2. The maximum atomic E-state index is 12.1. The second kappa shape index (κ2) is 6.76. The average Bonchev–Trinajstić information content (AvgIpc) is 2.52. The zero-order chi connectivity index (χ0) is 17.0. The number of nitrogens with zero attached hydrogens (tertiary/aromatic N) is 2. The number of para-hydroxylation sites is 1. The molecule has 0 aromatic heterocycles. The van der Waals surface area contributed by atoms with Crippen LogP contribution in [0.4, 0.5) is 0 Å². The highest BCUT2D eigenvalue weighted by Crippen LogP contribution is 2.42. The van der Waals surface area contributed by atoms with E-state index in [0.717, 1.165) is 11.3 Å². The number of amides is 1. The van der Waals surface area contributed by atoms with Gasteiger partial charge in [-0.1, -0.05) is 32.0 Å². The number of allylic oxidation sites excluding steroid dienone is 1. The Hall–Kier alpha value is -2.44. The van der Waals surface area contributed by atoms with Crippen LogP contribution >= 0.6 is 11.8 Å². The van der Waals surface area contributed by atoms with E-state index >= 15 is 0 Å². The van der Waals surface area contributed by atoms with Gasteiger partial charge in [0.15, 0.2) is 0 Å². The van der Waals surface area contributed by atoms with Crippen LogP contribution in [-0.2, 0) is 10.5 Å². The van der Waals surface area contributed by atoms with Crippen LogP contribution in [-0.4, -0.2) is 13.0 Å². The second-order valence-electron chi connectivity index (χ2n) is 5.69. The number of nitrogens with one attached hydrogen (secondary N) is 1. The van der Waals surface area contributed by atoms with Gasteiger partial charge >= 0.3 is 0 Å². The largest absolute Gasteiger partial charge is 0.496 e. The van der Waals surface area contributed by atoms with Crippen LogP contribution in [0.3, 0.4) is 0 Å². The molecule has 0 fully saturated rings. The Morgan fingerprint density at radius 3 is 2.65 bits per heavy atom. The summed E-state index contributed by atoms with van der Waals surface area (Å²) in [5.41, 5.74) is 0.595. The Morgan fingerprint density at radius 1 is 1.35 bits per heavy atom. The van der Waals surface area contributed by atoms with Gasteiger partial charge in [0.25, 0.3) is 0 Å². The van der Waals surface area contributed by atoms with Crippen LogP contribution in [0.15, 0.2) is 34.9 Å². The molecule has 5 nitrogen and oxygen atoms in total. The molecule has 6 heteroatoms. The molecule has 1 aliphatic heterocycles. The van der Waals surface area contributed by atoms with E-state index in [1.54, 1.807) is 21.0 Å². The molecule has 2 rings (SSSR count). The highest BCUT2D eigenvalue weighted by molar-refractivity contribution is 8.02. The summed E-state index contributed by atoms with van der Waals surface area (Å²) >= 11 is 1.37. The number of benzene rings is 1. The zero-order valence-corrected chi connectivity index (χ0v) is 14.0. The molecule has 1 atom stereocenters. The molecule has 0 spiro atoms. The van der Waals surface area contributed by atoms with Crippen molar-refractivity contribution in [3.05, 3.63) is 40.4 Å². The molecule has 118 valence electrons. The molecule has 0 saturated carbocycles. The topological polar surface area (TPSA) is 85.9 Å². The summed E-state index contributed by atoms with van der Waals surface area (Å²) in [7, 11) is 1.60. The van der Waals surface area contributed by atoms with E-state index in [4.69, 9.17) is 4.74 Å². The summed E-state index contributed by atoms with van der Waals surface area (Å²) in [6, 6.07) is 11.7. The van der Waals surface area contributed by atoms with E-state index in [-0.39, 0.29) is 5.91 Å². The monoisotopic (exact) mass is 327 g/mol. The molecular weight excluding hydrogens is 310 g/mol. The maximum absolute atomic E-state index is 12.1. The second-order valence-corrected chi connectivity index (χ2v) is 6.68. The van der Waals surface area contributed by atoms with Gasteiger partial charge in [-0.25, -0.2) is 0 Å². The number of thioether (sulfide) groups is 1. The molecule has 1 unspecified atom stereocenters. The first-order valence-corrected chi connectivity index (χ1v) is 8.04. The minimum atomic E-state index is -0.868. The van der Waals surface area contributed by atoms with E-state index in [9.17, 15) is 15.3 Å². The molecule has 0 bridgehead atoms. The van der Waals surface area contributed by atoms with Crippen LogP contribution in [0.2, 0.25) is 0 Å². The van der Waals surface area contributed by atoms with Crippen molar-refractivity contribution in [2.24, 2.45) is 11.3 Å². The maximum Gasteiger partial charge on any atom is 0.243 e. The number of ether oxygens (including phenoxy) is 1. The molecule has 0 saturated heterocycles. The van der Waals surface area contributed by atoms with Crippen LogP contribution in [0.1, 0.15) is 19.4 Å². The predicted octanol–water partition coefficient (Wildman–Crippen LogP) is 2.96. The van der Waals surface area contributed by atoms with Crippen molar-refractivity contribution in [1.82, 2.24) is 5.32 Å². The van der Waals surface area contributed by atoms with Gasteiger partial charge in [-0.2, -0.15) is 10.5 Å². The Bertz CT molecular complexity index is 741. The van der Waals surface area contributed by atoms with Crippen molar-refractivity contribution in [2.75, 3.05) is 7.11 Å². The summed E-state index contributed by atoms with van der Waals surface area (Å²) in [4.78, 5) is 12.1. The van der Waals surface area contributed by atoms with E-state index in [2.05, 4.69) is 11.4 Å². The lowest BCUT2D eigenvalue weighted by atomic mass is 9.72. The summed E-state index contributed by atoms with van der Waals surface area (Å²) in [6.07, 6.45) is 0. The van der Waals surface area contributed by atoms with Crippen LogP contribution in [0, 0.1) is 34.0 Å². The Morgan fingerprint density at radius 2 is 2.04 bits per heavy atom. The number of methoxy groups -OCH3 is 1. The molecule has 1 aliphatic rings. The standard InChI is InChI=1S/C17H17N3O2S/c1-17(2)12(8-18)15(21)20-16(13(17)9-19)23-10-11-6-4-5-7-14(11)22-3/h4-7,12H,10H2,1-3H3,(H,20,21). The van der Waals surface area contributed by atoms with Crippen molar-refractivity contribution in [3.8, 4) is 17.9 Å². The van der Waals surface area contributed by atoms with Gasteiger partial charge in [-0.05, 0) is 6.07 Å². The lowest BCUT2D eigenvalue weighted by molar-refractivity contribution is -0.125. The van der Waals surface area contributed by atoms with Crippen LogP contribution in [0.25, 0.3) is 0 Å². The van der Waals surface area contributed by atoms with Crippen LogP contribution < -0.4 is 10.1 Å². The van der Waals surface area contributed by atoms with Crippen molar-refractivity contribution in [1.29, 1.82) is 10.5 Å². The zero-order valence-electron chi connectivity index (χ0n) is 13.2. The van der Waals surface area contributed by atoms with Crippen LogP contribution in [0.5, 0.6) is 5.75 Å². The van der Waals surface area contributed by atoms with Gasteiger partial charge in [0, 0.05) is 16.7 Å². The van der Waals surface area contributed by atoms with E-state index < -0.39 is 11.3 Å². The number of hydrogen-bond acceptors (Lipinski definition) is 5. The molecule has 0 radical (unpaired) electrons. The minimum absolute atomic E-state index is 0.362. The quantitative estimate of drug-likeness (QED) is 0.919. The van der Waals surface area contributed by atoms with Crippen molar-refractivity contribution in [2.45, 2.75) is 19.6 Å². The minimum Gasteiger partial charge on any atom is -0.496 e. The van der Waals surface area contributed by atoms with Crippen molar-refractivity contribution >= 4 is 17.7 Å². The lowest BCUT2D eigenvalue weighted by Crippen LogP contribution is -2.44. The smallest absolute Gasteiger partial charge is 0.243 e. The summed E-state index contributed by atoms with van der Waals surface area (Å²) in [5.74, 6) is 0.0835. The molecule has 1 amide bonds. The normalized spacial score (nSPS) is 19.5. The third kappa shape index (κ3) is 3.18. The first-order chi connectivity index (χ1) is 11.0. The van der Waals surface area contributed by atoms with E-state index in [1.807, 2.05) is 30.3 Å². The predicted molar refractivity (Wildman–Crippen MR) is 88.0 cm³/mol. The average molecular weight is 327 g/mol. The fourth-order valence-corrected chi connectivity index (χ4v) is 3.67. The van der Waals surface area contributed by atoms with Gasteiger partial charge in [-0.3, -0.25) is 4.79 Å². The molecule has 1 N–H and O–H groups in total. The molecule has 0 aliphatic carbocycles. The summed E-state index contributed by atoms with van der Waals surface area (Å²) in [6.45, 7) is 3.50. The van der Waals surface area contributed by atoms with Crippen molar-refractivity contribution < 1.29 is 9.53 Å². The Labute approximate surface area is 139 Å². The third-order valence-electron chi connectivity index (χ3n) is 3.90. The number of carbonyl (C=O) groups excluding carboxylic acids is 1. The van der Waals surface area contributed by atoms with E-state index in [1.165, 1.54) is 11.8 Å². The fourth-order valence-electron chi connectivity index (χ4n) is 2.51. The highest BCUT2D eigenvalue weighted by atomic mass is 32.2. The Balaban J connectivity index is 2.31. The molecule has 1 aromatic carbocycles. The first kappa shape index (κ1) is 16.9.